The Morgan fingerprint density at radius 1 is 1.64 bits per heavy atom. The van der Waals surface area contributed by atoms with Crippen molar-refractivity contribution in [3.05, 3.63) is 0 Å². The topological polar surface area (TPSA) is 57.6 Å². The maximum absolute atomic E-state index is 10.5. The fourth-order valence-corrected chi connectivity index (χ4v) is 1.48. The Kier molecular flexibility index (Phi) is 2.12. The number of carbonyl (C=O) groups is 2. The van der Waals surface area contributed by atoms with Gasteiger partial charge in [-0.15, -0.1) is 0 Å². The van der Waals surface area contributed by atoms with Crippen LogP contribution >= 0.6 is 0 Å². The summed E-state index contributed by atoms with van der Waals surface area (Å²) in [6.45, 7) is 1.82. The molecule has 1 aliphatic rings. The highest BCUT2D eigenvalue weighted by atomic mass is 16.4. The van der Waals surface area contributed by atoms with E-state index in [0.717, 1.165) is 6.42 Å². The fourth-order valence-electron chi connectivity index (χ4n) is 1.48. The zero-order valence-electron chi connectivity index (χ0n) is 6.36. The number of rotatable bonds is 1. The van der Waals surface area contributed by atoms with Crippen LogP contribution in [0.25, 0.3) is 0 Å². The molecule has 1 aliphatic heterocycles. The quantitative estimate of drug-likeness (QED) is 0.570. The van der Waals surface area contributed by atoms with E-state index in [1.165, 1.54) is 4.90 Å². The van der Waals surface area contributed by atoms with Gasteiger partial charge < -0.3 is 9.90 Å². The molecule has 0 aliphatic carbocycles. The van der Waals surface area contributed by atoms with Crippen molar-refractivity contribution in [3.63, 3.8) is 0 Å². The van der Waals surface area contributed by atoms with Gasteiger partial charge in [-0.2, -0.15) is 0 Å². The average Bonchev–Trinajstić information content (AvgIpc) is 2.30. The Morgan fingerprint density at radius 2 is 2.27 bits per heavy atom. The second-order valence-electron chi connectivity index (χ2n) is 2.82. The lowest BCUT2D eigenvalue weighted by Crippen LogP contribution is -2.39. The molecular weight excluding hydrogens is 146 g/mol. The van der Waals surface area contributed by atoms with Gasteiger partial charge in [-0.3, -0.25) is 4.90 Å². The van der Waals surface area contributed by atoms with Gasteiger partial charge in [-0.25, -0.2) is 4.79 Å². The number of nitrogens with zero attached hydrogens (tertiary/aromatic N) is 1. The van der Waals surface area contributed by atoms with Crippen molar-refractivity contribution >= 4 is 12.4 Å². The largest absolute Gasteiger partial charge is 0.465 e. The maximum Gasteiger partial charge on any atom is 0.408 e. The molecule has 0 saturated carbocycles. The zero-order chi connectivity index (χ0) is 8.43. The molecule has 2 unspecified atom stereocenters. The van der Waals surface area contributed by atoms with Gasteiger partial charge in [-0.1, -0.05) is 0 Å². The second-order valence-corrected chi connectivity index (χ2v) is 2.82. The van der Waals surface area contributed by atoms with Crippen molar-refractivity contribution in [2.24, 2.45) is 0 Å². The molecule has 1 heterocycles. The van der Waals surface area contributed by atoms with Gasteiger partial charge >= 0.3 is 6.09 Å². The maximum atomic E-state index is 10.5. The Hall–Kier alpha value is -1.06. The number of carboxylic acid groups (broad SMARTS) is 1. The Balaban J connectivity index is 2.70. The number of hydrogen-bond donors (Lipinski definition) is 1. The predicted octanol–water partition coefficient (Wildman–Crippen LogP) is 0.716. The molecular formula is C7H11NO3. The molecule has 62 valence electrons. The minimum atomic E-state index is -0.993. The smallest absolute Gasteiger partial charge is 0.408 e. The summed E-state index contributed by atoms with van der Waals surface area (Å²) in [5, 5.41) is 8.65. The summed E-state index contributed by atoms with van der Waals surface area (Å²) in [4.78, 5) is 22.1. The van der Waals surface area contributed by atoms with Gasteiger partial charge in [0.15, 0.2) is 0 Å². The molecule has 4 nitrogen and oxygen atoms in total. The summed E-state index contributed by atoms with van der Waals surface area (Å²) in [5.41, 5.74) is 0. The lowest BCUT2D eigenvalue weighted by atomic mass is 10.2. The third kappa shape index (κ3) is 1.34. The van der Waals surface area contributed by atoms with Gasteiger partial charge in [0.25, 0.3) is 0 Å². The zero-order valence-corrected chi connectivity index (χ0v) is 6.36. The summed E-state index contributed by atoms with van der Waals surface area (Å²) < 4.78 is 0. The highest BCUT2D eigenvalue weighted by Gasteiger charge is 2.33. The highest BCUT2D eigenvalue weighted by Crippen LogP contribution is 2.21. The molecule has 11 heavy (non-hydrogen) atoms. The number of hydrogen-bond acceptors (Lipinski definition) is 2. The van der Waals surface area contributed by atoms with E-state index in [2.05, 4.69) is 0 Å². The van der Waals surface area contributed by atoms with E-state index < -0.39 is 12.1 Å². The molecule has 1 N–H and O–H groups in total. The van der Waals surface area contributed by atoms with E-state index in [-0.39, 0.29) is 6.04 Å². The van der Waals surface area contributed by atoms with Gasteiger partial charge in [0.05, 0.1) is 6.04 Å². The van der Waals surface area contributed by atoms with Gasteiger partial charge in [-0.05, 0) is 19.8 Å². The SMILES string of the molecule is CC1CCC(C=O)N1C(=O)O. The van der Waals surface area contributed by atoms with E-state index in [1.807, 2.05) is 6.92 Å². The van der Waals surface area contributed by atoms with Gasteiger partial charge in [0.1, 0.15) is 6.29 Å². The van der Waals surface area contributed by atoms with Crippen LogP contribution in [0.4, 0.5) is 4.79 Å². The van der Waals surface area contributed by atoms with E-state index in [9.17, 15) is 9.59 Å². The van der Waals surface area contributed by atoms with E-state index in [4.69, 9.17) is 5.11 Å². The molecule has 0 bridgehead atoms. The van der Waals surface area contributed by atoms with Crippen molar-refractivity contribution in [2.45, 2.75) is 31.8 Å². The normalized spacial score (nSPS) is 30.5. The van der Waals surface area contributed by atoms with Crippen molar-refractivity contribution < 1.29 is 14.7 Å². The number of carbonyl (C=O) groups excluding carboxylic acids is 1. The predicted molar refractivity (Wildman–Crippen MR) is 38.4 cm³/mol. The van der Waals surface area contributed by atoms with E-state index in [0.29, 0.717) is 12.7 Å². The van der Waals surface area contributed by atoms with Crippen molar-refractivity contribution in [1.29, 1.82) is 0 Å². The van der Waals surface area contributed by atoms with Crippen molar-refractivity contribution in [3.8, 4) is 0 Å². The summed E-state index contributed by atoms with van der Waals surface area (Å²) in [7, 11) is 0. The lowest BCUT2D eigenvalue weighted by molar-refractivity contribution is -0.111. The first kappa shape index (κ1) is 8.04. The van der Waals surface area contributed by atoms with Crippen LogP contribution in [0.2, 0.25) is 0 Å². The summed E-state index contributed by atoms with van der Waals surface area (Å²) in [6, 6.07) is -0.426. The molecule has 1 amide bonds. The third-order valence-electron chi connectivity index (χ3n) is 2.09. The van der Waals surface area contributed by atoms with Gasteiger partial charge in [0, 0.05) is 6.04 Å². The first-order valence-corrected chi connectivity index (χ1v) is 3.63. The molecule has 0 aromatic rings. The van der Waals surface area contributed by atoms with Crippen LogP contribution in [-0.2, 0) is 4.79 Å². The highest BCUT2D eigenvalue weighted by molar-refractivity contribution is 5.72. The molecule has 0 radical (unpaired) electrons. The van der Waals surface area contributed by atoms with Crippen LogP contribution in [0.15, 0.2) is 0 Å². The lowest BCUT2D eigenvalue weighted by Gasteiger charge is -2.20. The van der Waals surface area contributed by atoms with E-state index >= 15 is 0 Å². The molecule has 2 atom stereocenters. The number of amides is 1. The first-order valence-electron chi connectivity index (χ1n) is 3.63. The van der Waals surface area contributed by atoms with Crippen LogP contribution in [0.5, 0.6) is 0 Å². The summed E-state index contributed by atoms with van der Waals surface area (Å²) in [6.07, 6.45) is 1.16. The van der Waals surface area contributed by atoms with E-state index in [1.54, 1.807) is 0 Å². The van der Waals surface area contributed by atoms with Gasteiger partial charge in [0.2, 0.25) is 0 Å². The summed E-state index contributed by atoms with van der Waals surface area (Å²) in [5.74, 6) is 0. The number of aldehydes is 1. The van der Waals surface area contributed by atoms with Crippen LogP contribution in [0.1, 0.15) is 19.8 Å². The molecule has 4 heteroatoms. The Morgan fingerprint density at radius 3 is 2.64 bits per heavy atom. The van der Waals surface area contributed by atoms with Crippen LogP contribution in [0, 0.1) is 0 Å². The molecule has 1 saturated heterocycles. The molecule has 1 fully saturated rings. The monoisotopic (exact) mass is 157 g/mol. The standard InChI is InChI=1S/C7H11NO3/c1-5-2-3-6(4-9)8(5)7(10)11/h4-6H,2-3H2,1H3,(H,10,11). The molecule has 0 spiro atoms. The molecule has 0 aromatic heterocycles. The minimum absolute atomic E-state index is 0.0114. The molecule has 1 rings (SSSR count). The molecule has 0 aromatic carbocycles. The average molecular weight is 157 g/mol. The van der Waals surface area contributed by atoms with Crippen LogP contribution in [0.3, 0.4) is 0 Å². The van der Waals surface area contributed by atoms with Crippen LogP contribution in [-0.4, -0.2) is 34.5 Å². The fraction of sp³-hybridized carbons (Fsp3) is 0.714. The van der Waals surface area contributed by atoms with Crippen molar-refractivity contribution in [1.82, 2.24) is 4.90 Å². The first-order chi connectivity index (χ1) is 5.16. The Bertz CT molecular complexity index is 181. The van der Waals surface area contributed by atoms with Crippen LogP contribution < -0.4 is 0 Å². The van der Waals surface area contributed by atoms with Crippen molar-refractivity contribution in [2.75, 3.05) is 0 Å². The summed E-state index contributed by atoms with van der Waals surface area (Å²) >= 11 is 0. The minimum Gasteiger partial charge on any atom is -0.465 e. The second kappa shape index (κ2) is 2.90. The Labute approximate surface area is 64.8 Å². The third-order valence-corrected chi connectivity index (χ3v) is 2.09. The number of likely N-dealkylation sites (tertiary alicyclic amines) is 1.